The van der Waals surface area contributed by atoms with Gasteiger partial charge < -0.3 is 20.1 Å². The second-order valence-corrected chi connectivity index (χ2v) is 25.5. The van der Waals surface area contributed by atoms with E-state index in [0.717, 1.165) is 57.8 Å². The third kappa shape index (κ3) is 67.1. The van der Waals surface area contributed by atoms with Crippen molar-refractivity contribution >= 4 is 19.8 Å². The van der Waals surface area contributed by atoms with Crippen molar-refractivity contribution in [2.24, 2.45) is 5.73 Å². The number of carbonyl (C=O) groups is 2. The molecule has 0 aliphatic carbocycles. The minimum absolute atomic E-state index is 0.0566. The lowest BCUT2D eigenvalue weighted by Gasteiger charge is -2.19. The number of phosphoric acid groups is 1. The lowest BCUT2D eigenvalue weighted by atomic mass is 10.0. The molecule has 0 spiro atoms. The maximum Gasteiger partial charge on any atom is 0.472 e. The first-order valence-electron chi connectivity index (χ1n) is 35.6. The van der Waals surface area contributed by atoms with Crippen LogP contribution in [-0.2, 0) is 32.7 Å². The van der Waals surface area contributed by atoms with Gasteiger partial charge in [-0.2, -0.15) is 0 Å². The maximum atomic E-state index is 12.8. The van der Waals surface area contributed by atoms with Crippen molar-refractivity contribution in [1.82, 2.24) is 0 Å². The SMILES string of the molecule is CC/C=C\C/C=C\C/C=C\C/C=C\CCCCCCCCCCCCCCCCCCCCCCCCCCCCC(=O)OC(COC(=O)CCCCCCCCCCCCCCCCCCCCCCCC)COP(=O)(O)OCCN. The highest BCUT2D eigenvalue weighted by Crippen LogP contribution is 2.43. The van der Waals surface area contributed by atoms with Gasteiger partial charge in [0.05, 0.1) is 13.2 Å². The van der Waals surface area contributed by atoms with Gasteiger partial charge in [-0.3, -0.25) is 18.6 Å². The molecule has 0 aliphatic heterocycles. The summed E-state index contributed by atoms with van der Waals surface area (Å²) in [6.07, 6.45) is 86.5. The molecule has 0 amide bonds. The van der Waals surface area contributed by atoms with E-state index in [4.69, 9.17) is 24.3 Å². The molecular weight excluding hydrogens is 1040 g/mol. The highest BCUT2D eigenvalue weighted by atomic mass is 31.2. The van der Waals surface area contributed by atoms with E-state index in [1.165, 1.54) is 276 Å². The summed E-state index contributed by atoms with van der Waals surface area (Å²) in [5.41, 5.74) is 5.40. The van der Waals surface area contributed by atoms with E-state index >= 15 is 0 Å². The quantitative estimate of drug-likeness (QED) is 0.0264. The van der Waals surface area contributed by atoms with Crippen LogP contribution in [0.5, 0.6) is 0 Å². The van der Waals surface area contributed by atoms with E-state index in [9.17, 15) is 19.0 Å². The summed E-state index contributed by atoms with van der Waals surface area (Å²) in [6.45, 7) is 3.71. The van der Waals surface area contributed by atoms with Crippen LogP contribution in [0.15, 0.2) is 48.6 Å². The Morgan fingerprint density at radius 2 is 0.671 bits per heavy atom. The smallest absolute Gasteiger partial charge is 0.462 e. The lowest BCUT2D eigenvalue weighted by Crippen LogP contribution is -2.29. The molecule has 82 heavy (non-hydrogen) atoms. The standard InChI is InChI=1S/C72H136NO8P/c1-3-5-7-9-11-13-15-17-19-21-23-25-27-28-29-30-31-32-33-34-35-36-37-38-39-40-41-42-43-45-47-49-51-53-55-57-59-61-63-65-72(75)81-70(69-80-82(76,77)79-67-66-73)68-78-71(74)64-62-60-58-56-54-52-50-48-46-44-26-24-22-20-18-16-14-12-10-8-6-4-2/h5,7,11,13,17,19,23,25,70H,3-4,6,8-10,12,14-16,18,20-22,24,26-69,73H2,1-2H3,(H,76,77)/b7-5-,13-11-,19-17-,25-23-. The van der Waals surface area contributed by atoms with E-state index in [1.54, 1.807) is 0 Å². The molecule has 0 aromatic rings. The third-order valence-corrected chi connectivity index (χ3v) is 17.0. The second kappa shape index (κ2) is 68.1. The summed E-state index contributed by atoms with van der Waals surface area (Å²) in [7, 11) is -4.39. The van der Waals surface area contributed by atoms with Gasteiger partial charge in [0.15, 0.2) is 6.10 Å². The molecule has 0 fully saturated rings. The Kier molecular flexibility index (Phi) is 66.4. The van der Waals surface area contributed by atoms with E-state index in [2.05, 4.69) is 62.5 Å². The van der Waals surface area contributed by atoms with E-state index in [1.807, 2.05) is 0 Å². The van der Waals surface area contributed by atoms with E-state index in [-0.39, 0.29) is 38.6 Å². The van der Waals surface area contributed by atoms with E-state index in [0.29, 0.717) is 6.42 Å². The predicted molar refractivity (Wildman–Crippen MR) is 353 cm³/mol. The molecule has 9 nitrogen and oxygen atoms in total. The number of allylic oxidation sites excluding steroid dienone is 8. The van der Waals surface area contributed by atoms with Crippen LogP contribution in [0, 0.1) is 0 Å². The van der Waals surface area contributed by atoms with Gasteiger partial charge in [0, 0.05) is 19.4 Å². The monoisotopic (exact) mass is 1170 g/mol. The second-order valence-electron chi connectivity index (χ2n) is 24.1. The van der Waals surface area contributed by atoms with Gasteiger partial charge >= 0.3 is 19.8 Å². The zero-order chi connectivity index (χ0) is 59.4. The fraction of sp³-hybridized carbons (Fsp3) is 0.861. The molecule has 0 aliphatic rings. The van der Waals surface area contributed by atoms with Crippen molar-refractivity contribution in [3.8, 4) is 0 Å². The fourth-order valence-corrected chi connectivity index (χ4v) is 11.5. The molecule has 0 saturated carbocycles. The molecule has 2 unspecified atom stereocenters. The average molecular weight is 1170 g/mol. The molecule has 0 saturated heterocycles. The van der Waals surface area contributed by atoms with Gasteiger partial charge in [-0.05, 0) is 51.4 Å². The Labute approximate surface area is 508 Å². The Morgan fingerprint density at radius 1 is 0.378 bits per heavy atom. The van der Waals surface area contributed by atoms with Crippen molar-refractivity contribution in [2.75, 3.05) is 26.4 Å². The van der Waals surface area contributed by atoms with Crippen LogP contribution in [0.4, 0.5) is 0 Å². The number of nitrogens with two attached hydrogens (primary N) is 1. The normalized spacial score (nSPS) is 13.2. The summed E-state index contributed by atoms with van der Waals surface area (Å²) in [5, 5.41) is 0. The number of ether oxygens (including phenoxy) is 2. The van der Waals surface area contributed by atoms with Crippen LogP contribution in [0.2, 0.25) is 0 Å². The summed E-state index contributed by atoms with van der Waals surface area (Å²) < 4.78 is 33.2. The van der Waals surface area contributed by atoms with Crippen LogP contribution >= 0.6 is 7.82 Å². The van der Waals surface area contributed by atoms with Crippen molar-refractivity contribution in [1.29, 1.82) is 0 Å². The van der Waals surface area contributed by atoms with E-state index < -0.39 is 26.5 Å². The number of phosphoric ester groups is 1. The molecule has 10 heteroatoms. The number of unbranched alkanes of at least 4 members (excludes halogenated alkanes) is 47. The van der Waals surface area contributed by atoms with Crippen molar-refractivity contribution in [3.63, 3.8) is 0 Å². The molecule has 0 heterocycles. The largest absolute Gasteiger partial charge is 0.472 e. The van der Waals surface area contributed by atoms with Gasteiger partial charge in [-0.1, -0.05) is 351 Å². The molecule has 2 atom stereocenters. The number of carbonyl (C=O) groups excluding carboxylic acids is 2. The highest BCUT2D eigenvalue weighted by Gasteiger charge is 2.26. The maximum absolute atomic E-state index is 12.8. The molecule has 0 bridgehead atoms. The minimum atomic E-state index is -4.39. The van der Waals surface area contributed by atoms with Crippen LogP contribution in [0.1, 0.15) is 367 Å². The highest BCUT2D eigenvalue weighted by molar-refractivity contribution is 7.47. The Bertz CT molecular complexity index is 1480. The summed E-state index contributed by atoms with van der Waals surface area (Å²) in [4.78, 5) is 35.3. The fourth-order valence-electron chi connectivity index (χ4n) is 10.8. The molecule has 3 N–H and O–H groups in total. The Morgan fingerprint density at radius 3 is 1.00 bits per heavy atom. The van der Waals surface area contributed by atoms with Gasteiger partial charge in [-0.15, -0.1) is 0 Å². The van der Waals surface area contributed by atoms with Crippen LogP contribution < -0.4 is 5.73 Å². The number of hydrogen-bond donors (Lipinski definition) is 2. The van der Waals surface area contributed by atoms with Crippen molar-refractivity contribution < 1.29 is 37.6 Å². The van der Waals surface area contributed by atoms with Gasteiger partial charge in [0.25, 0.3) is 0 Å². The van der Waals surface area contributed by atoms with Gasteiger partial charge in [0.2, 0.25) is 0 Å². The third-order valence-electron chi connectivity index (χ3n) is 16.0. The first-order valence-corrected chi connectivity index (χ1v) is 37.1. The molecule has 0 rings (SSSR count). The Balaban J connectivity index is 3.76. The van der Waals surface area contributed by atoms with Crippen molar-refractivity contribution in [2.45, 2.75) is 373 Å². The van der Waals surface area contributed by atoms with Crippen LogP contribution in [-0.4, -0.2) is 49.3 Å². The Hall–Kier alpha value is -2.03. The molecular formula is C72H136NO8P. The first kappa shape index (κ1) is 80.0. The lowest BCUT2D eigenvalue weighted by molar-refractivity contribution is -0.161. The summed E-state index contributed by atoms with van der Waals surface area (Å²) in [5.74, 6) is -0.803. The van der Waals surface area contributed by atoms with Gasteiger partial charge in [-0.25, -0.2) is 4.57 Å². The minimum Gasteiger partial charge on any atom is -0.462 e. The summed E-state index contributed by atoms with van der Waals surface area (Å²) in [6, 6.07) is 0. The zero-order valence-corrected chi connectivity index (χ0v) is 55.1. The molecule has 482 valence electrons. The molecule has 0 aromatic heterocycles. The topological polar surface area (TPSA) is 134 Å². The van der Waals surface area contributed by atoms with Crippen LogP contribution in [0.25, 0.3) is 0 Å². The van der Waals surface area contributed by atoms with Crippen molar-refractivity contribution in [3.05, 3.63) is 48.6 Å². The number of rotatable bonds is 68. The van der Waals surface area contributed by atoms with Crippen LogP contribution in [0.3, 0.4) is 0 Å². The molecule has 0 radical (unpaired) electrons. The van der Waals surface area contributed by atoms with Gasteiger partial charge in [0.1, 0.15) is 6.61 Å². The summed E-state index contributed by atoms with van der Waals surface area (Å²) >= 11 is 0. The predicted octanol–water partition coefficient (Wildman–Crippen LogP) is 23.3. The average Bonchev–Trinajstić information content (AvgIpc) is 3.48. The first-order chi connectivity index (χ1) is 40.3. The molecule has 0 aromatic carbocycles. The zero-order valence-electron chi connectivity index (χ0n) is 54.2. The number of hydrogen-bond acceptors (Lipinski definition) is 8. The number of esters is 2.